The fraction of sp³-hybridized carbons (Fsp3) is 0.611. The highest BCUT2D eigenvalue weighted by atomic mass is 19.3. The molecule has 152 valence electrons. The van der Waals surface area contributed by atoms with Crippen LogP contribution in [0.5, 0.6) is 5.75 Å². The number of hydrogen-bond donors (Lipinski definition) is 1. The van der Waals surface area contributed by atoms with E-state index in [9.17, 15) is 27.5 Å². The predicted molar refractivity (Wildman–Crippen MR) is 91.2 cm³/mol. The molecule has 1 amide bonds. The minimum atomic E-state index is -4.70. The number of nitrogens with zero attached hydrogens (tertiary/aromatic N) is 2. The van der Waals surface area contributed by atoms with Crippen molar-refractivity contribution in [3.8, 4) is 5.75 Å². The molecular weight excluding hydrogens is 368 g/mol. The van der Waals surface area contributed by atoms with Crippen LogP contribution in [0.15, 0.2) is 24.3 Å². The van der Waals surface area contributed by atoms with Gasteiger partial charge in [-0.2, -0.15) is 17.6 Å². The first-order valence-electron chi connectivity index (χ1n) is 8.63. The van der Waals surface area contributed by atoms with Crippen molar-refractivity contribution in [2.45, 2.75) is 19.0 Å². The summed E-state index contributed by atoms with van der Waals surface area (Å²) in [5.41, 5.74) is -0.208. The van der Waals surface area contributed by atoms with E-state index < -0.39 is 24.2 Å². The summed E-state index contributed by atoms with van der Waals surface area (Å²) in [6, 6.07) is 5.11. The van der Waals surface area contributed by atoms with Gasteiger partial charge in [0.25, 0.3) is 5.91 Å². The van der Waals surface area contributed by atoms with Crippen molar-refractivity contribution < 1.29 is 32.2 Å². The zero-order valence-electron chi connectivity index (χ0n) is 15.2. The lowest BCUT2D eigenvalue weighted by molar-refractivity contribution is -0.253. The summed E-state index contributed by atoms with van der Waals surface area (Å²) in [6.07, 6.45) is -7.97. The molecule has 5 nitrogen and oxygen atoms in total. The van der Waals surface area contributed by atoms with Crippen molar-refractivity contribution in [3.63, 3.8) is 0 Å². The number of aliphatic hydroxyl groups excluding tert-OH is 1. The molecule has 0 saturated carbocycles. The van der Waals surface area contributed by atoms with E-state index in [4.69, 9.17) is 0 Å². The van der Waals surface area contributed by atoms with Crippen LogP contribution in [0, 0.1) is 11.8 Å². The number of amides is 1. The average molecular weight is 392 g/mol. The Morgan fingerprint density at radius 3 is 2.52 bits per heavy atom. The predicted octanol–water partition coefficient (Wildman–Crippen LogP) is 2.56. The van der Waals surface area contributed by atoms with Crippen molar-refractivity contribution >= 4 is 5.91 Å². The first-order chi connectivity index (χ1) is 12.6. The maximum absolute atomic E-state index is 13.3. The molecule has 0 spiro atoms. The Kier molecular flexibility index (Phi) is 7.05. The molecule has 1 saturated heterocycles. The highest BCUT2D eigenvalue weighted by molar-refractivity contribution is 5.97. The van der Waals surface area contributed by atoms with Gasteiger partial charge in [-0.15, -0.1) is 0 Å². The molecule has 0 unspecified atom stereocenters. The molecule has 1 aromatic rings. The number of alkyl halides is 4. The zero-order chi connectivity index (χ0) is 20.2. The summed E-state index contributed by atoms with van der Waals surface area (Å²) >= 11 is 0. The molecule has 1 aromatic carbocycles. The number of hydrogen-bond acceptors (Lipinski definition) is 4. The summed E-state index contributed by atoms with van der Waals surface area (Å²) in [6.45, 7) is 1.24. The van der Waals surface area contributed by atoms with Crippen LogP contribution >= 0.6 is 0 Å². The number of carbonyl (C=O) groups is 1. The topological polar surface area (TPSA) is 53.0 Å². The molecule has 0 aromatic heterocycles. The molecule has 1 aliphatic heterocycles. The molecule has 9 heteroatoms. The van der Waals surface area contributed by atoms with Gasteiger partial charge in [0.1, 0.15) is 5.75 Å². The number of piperidine rings is 1. The average Bonchev–Trinajstić information content (AvgIpc) is 2.60. The Balaban J connectivity index is 2.23. The fourth-order valence-electron chi connectivity index (χ4n) is 3.36. The summed E-state index contributed by atoms with van der Waals surface area (Å²) in [5.74, 6) is -1.21. The third kappa shape index (κ3) is 5.55. The van der Waals surface area contributed by atoms with E-state index in [-0.39, 0.29) is 30.6 Å². The van der Waals surface area contributed by atoms with Gasteiger partial charge in [0.05, 0.1) is 5.56 Å². The number of aliphatic hydroxyl groups is 1. The molecule has 0 bridgehead atoms. The van der Waals surface area contributed by atoms with Gasteiger partial charge in [0.15, 0.2) is 0 Å². The molecule has 0 aliphatic carbocycles. The van der Waals surface area contributed by atoms with Crippen molar-refractivity contribution in [3.05, 3.63) is 29.8 Å². The molecule has 1 fully saturated rings. The van der Waals surface area contributed by atoms with E-state index >= 15 is 0 Å². The maximum atomic E-state index is 13.3. The number of benzene rings is 1. The van der Waals surface area contributed by atoms with Gasteiger partial charge in [0.2, 0.25) is 0 Å². The minimum absolute atomic E-state index is 0.102. The van der Waals surface area contributed by atoms with Gasteiger partial charge in [-0.05, 0) is 44.5 Å². The van der Waals surface area contributed by atoms with Crippen molar-refractivity contribution in [2.24, 2.45) is 11.8 Å². The first kappa shape index (κ1) is 21.4. The van der Waals surface area contributed by atoms with Crippen LogP contribution < -0.4 is 4.74 Å². The van der Waals surface area contributed by atoms with Crippen molar-refractivity contribution in [1.29, 1.82) is 0 Å². The molecule has 2 rings (SSSR count). The second-order valence-corrected chi connectivity index (χ2v) is 7.08. The monoisotopic (exact) mass is 392 g/mol. The number of carbonyl (C=O) groups excluding carboxylic acids is 1. The fourth-order valence-corrected chi connectivity index (χ4v) is 3.36. The maximum Gasteiger partial charge on any atom is 0.461 e. The van der Waals surface area contributed by atoms with Crippen LogP contribution in [0.4, 0.5) is 17.6 Å². The summed E-state index contributed by atoms with van der Waals surface area (Å²) in [5, 5.41) is 9.52. The van der Waals surface area contributed by atoms with E-state index in [1.807, 2.05) is 19.0 Å². The zero-order valence-corrected chi connectivity index (χ0v) is 15.2. The van der Waals surface area contributed by atoms with Crippen LogP contribution in [-0.4, -0.2) is 73.7 Å². The summed E-state index contributed by atoms with van der Waals surface area (Å²) in [4.78, 5) is 16.3. The molecular formula is C18H24F4N2O3. The number of halogens is 4. The van der Waals surface area contributed by atoms with Crippen molar-refractivity contribution in [1.82, 2.24) is 9.80 Å². The summed E-state index contributed by atoms with van der Waals surface area (Å²) < 4.78 is 55.7. The third-order valence-corrected chi connectivity index (χ3v) is 4.41. The first-order valence-corrected chi connectivity index (χ1v) is 8.63. The molecule has 0 radical (unpaired) electrons. The largest absolute Gasteiger partial charge is 0.461 e. The second-order valence-electron chi connectivity index (χ2n) is 7.08. The van der Waals surface area contributed by atoms with E-state index in [0.717, 1.165) is 12.5 Å². The quantitative estimate of drug-likeness (QED) is 0.725. The van der Waals surface area contributed by atoms with Gasteiger partial charge < -0.3 is 19.6 Å². The van der Waals surface area contributed by atoms with E-state index in [0.29, 0.717) is 13.1 Å². The van der Waals surface area contributed by atoms with Gasteiger partial charge in [-0.25, -0.2) is 0 Å². The highest BCUT2D eigenvalue weighted by Crippen LogP contribution is 2.31. The smallest absolute Gasteiger partial charge is 0.427 e. The van der Waals surface area contributed by atoms with Gasteiger partial charge >= 0.3 is 12.5 Å². The van der Waals surface area contributed by atoms with E-state index in [1.54, 1.807) is 0 Å². The van der Waals surface area contributed by atoms with Crippen molar-refractivity contribution in [2.75, 3.05) is 40.3 Å². The normalized spacial score (nSPS) is 21.0. The van der Waals surface area contributed by atoms with Gasteiger partial charge in [0, 0.05) is 26.2 Å². The molecule has 2 atom stereocenters. The Morgan fingerprint density at radius 1 is 1.30 bits per heavy atom. The molecule has 1 heterocycles. The van der Waals surface area contributed by atoms with Crippen LogP contribution in [0.1, 0.15) is 16.8 Å². The molecule has 27 heavy (non-hydrogen) atoms. The highest BCUT2D eigenvalue weighted by Gasteiger charge is 2.45. The number of para-hydroxylation sites is 1. The van der Waals surface area contributed by atoms with Gasteiger partial charge in [-0.3, -0.25) is 4.79 Å². The SMILES string of the molecule is CN(C)C[C@H]1C[C@@H](CO)CN(C(=O)c2ccccc2OC(F)(F)C(F)F)C1. The number of likely N-dealkylation sites (tertiary alicyclic amines) is 1. The number of rotatable bonds is 7. The lowest BCUT2D eigenvalue weighted by Gasteiger charge is -2.38. The van der Waals surface area contributed by atoms with Gasteiger partial charge in [-0.1, -0.05) is 12.1 Å². The Labute approximate surface area is 155 Å². The van der Waals surface area contributed by atoms with Crippen LogP contribution in [0.25, 0.3) is 0 Å². The molecule has 1 aliphatic rings. The molecule has 1 N–H and O–H groups in total. The standard InChI is InChI=1S/C18H24F4N2O3/c1-23(2)8-12-7-13(11-25)10-24(9-12)16(26)14-5-3-4-6-15(14)27-18(21,22)17(19)20/h3-6,12-13,17,25H,7-11H2,1-2H3/t12-,13-/m1/s1. The van der Waals surface area contributed by atoms with E-state index in [1.165, 1.54) is 23.1 Å². The van der Waals surface area contributed by atoms with Crippen LogP contribution in [0.3, 0.4) is 0 Å². The summed E-state index contributed by atoms with van der Waals surface area (Å²) in [7, 11) is 3.79. The second kappa shape index (κ2) is 8.88. The third-order valence-electron chi connectivity index (χ3n) is 4.41. The van der Waals surface area contributed by atoms with Crippen LogP contribution in [0.2, 0.25) is 0 Å². The van der Waals surface area contributed by atoms with E-state index in [2.05, 4.69) is 4.74 Å². The minimum Gasteiger partial charge on any atom is -0.427 e. The lowest BCUT2D eigenvalue weighted by Crippen LogP contribution is -2.47. The lowest BCUT2D eigenvalue weighted by atomic mass is 9.89. The Morgan fingerprint density at radius 2 is 1.93 bits per heavy atom. The number of ether oxygens (including phenoxy) is 1. The Bertz CT molecular complexity index is 643. The Hall–Kier alpha value is -1.87. The van der Waals surface area contributed by atoms with Crippen LogP contribution in [-0.2, 0) is 0 Å².